The first-order chi connectivity index (χ1) is 8.36. The van der Waals surface area contributed by atoms with Crippen molar-refractivity contribution in [1.29, 1.82) is 0 Å². The average molecular weight is 266 g/mol. The van der Waals surface area contributed by atoms with Crippen LogP contribution in [-0.2, 0) is 4.74 Å². The summed E-state index contributed by atoms with van der Waals surface area (Å²) in [5.41, 5.74) is -0.0561. The zero-order valence-electron chi connectivity index (χ0n) is 9.33. The summed E-state index contributed by atoms with van der Waals surface area (Å²) in [7, 11) is 0. The molecule has 0 heterocycles. The van der Waals surface area contributed by atoms with Gasteiger partial charge in [-0.25, -0.2) is 4.79 Å². The first kappa shape index (κ1) is 14.3. The van der Waals surface area contributed by atoms with Crippen LogP contribution < -0.4 is 4.74 Å². The van der Waals surface area contributed by atoms with Crippen molar-refractivity contribution in [3.05, 3.63) is 29.8 Å². The molecule has 0 aliphatic heterocycles. The molecule has 0 amide bonds. The minimum Gasteiger partial charge on any atom is -0.462 e. The van der Waals surface area contributed by atoms with Crippen LogP contribution in [0.15, 0.2) is 24.3 Å². The first-order valence-electron chi connectivity index (χ1n) is 4.99. The van der Waals surface area contributed by atoms with Gasteiger partial charge in [0.15, 0.2) is 0 Å². The zero-order valence-corrected chi connectivity index (χ0v) is 9.33. The van der Waals surface area contributed by atoms with Crippen molar-refractivity contribution >= 4 is 5.97 Å². The Kier molecular flexibility index (Phi) is 4.52. The fourth-order valence-corrected chi connectivity index (χ4v) is 1.10. The smallest absolute Gasteiger partial charge is 0.461 e. The predicted octanol–water partition coefficient (Wildman–Crippen LogP) is 3.10. The molecule has 1 rings (SSSR count). The first-order valence-corrected chi connectivity index (χ1v) is 4.99. The largest absolute Gasteiger partial charge is 0.462 e. The van der Waals surface area contributed by atoms with E-state index >= 15 is 0 Å². The van der Waals surface area contributed by atoms with Gasteiger partial charge in [0.1, 0.15) is 5.75 Å². The van der Waals surface area contributed by atoms with Gasteiger partial charge in [-0.1, -0.05) is 6.07 Å². The highest BCUT2D eigenvalue weighted by molar-refractivity contribution is 5.89. The molecule has 3 nitrogen and oxygen atoms in total. The van der Waals surface area contributed by atoms with Crippen LogP contribution in [0.5, 0.6) is 5.75 Å². The number of benzene rings is 1. The van der Waals surface area contributed by atoms with Crippen LogP contribution in [0.2, 0.25) is 0 Å². The fraction of sp³-hybridized carbons (Fsp3) is 0.364. The van der Waals surface area contributed by atoms with Crippen molar-refractivity contribution in [2.45, 2.75) is 19.5 Å². The minimum atomic E-state index is -4.60. The lowest BCUT2D eigenvalue weighted by atomic mass is 10.2. The second-order valence-corrected chi connectivity index (χ2v) is 3.21. The molecule has 7 heteroatoms. The number of hydrogen-bond acceptors (Lipinski definition) is 3. The number of hydrogen-bond donors (Lipinski definition) is 0. The molecule has 0 radical (unpaired) electrons. The Hall–Kier alpha value is -1.79. The minimum absolute atomic E-state index is 0.0561. The Labute approximate surface area is 100 Å². The summed E-state index contributed by atoms with van der Waals surface area (Å²) >= 11 is 0. The molecule has 0 aromatic heterocycles. The Morgan fingerprint density at radius 3 is 2.61 bits per heavy atom. The summed E-state index contributed by atoms with van der Waals surface area (Å²) < 4.78 is 57.5. The maximum absolute atomic E-state index is 12.6. The Morgan fingerprint density at radius 2 is 2.06 bits per heavy atom. The normalized spacial score (nSPS) is 11.4. The second-order valence-electron chi connectivity index (χ2n) is 3.21. The van der Waals surface area contributed by atoms with E-state index in [-0.39, 0.29) is 12.2 Å². The van der Waals surface area contributed by atoms with E-state index in [0.717, 1.165) is 12.1 Å². The van der Waals surface area contributed by atoms with Crippen molar-refractivity contribution in [2.24, 2.45) is 0 Å². The van der Waals surface area contributed by atoms with Gasteiger partial charge in [0, 0.05) is 0 Å². The third kappa shape index (κ3) is 3.61. The lowest BCUT2D eigenvalue weighted by Crippen LogP contribution is -2.33. The van der Waals surface area contributed by atoms with Crippen molar-refractivity contribution in [1.82, 2.24) is 0 Å². The van der Waals surface area contributed by atoms with E-state index in [1.165, 1.54) is 12.1 Å². The Bertz CT molecular complexity index is 421. The molecule has 0 spiro atoms. The third-order valence-corrected chi connectivity index (χ3v) is 1.85. The quantitative estimate of drug-likeness (QED) is 0.606. The molecular formula is C11H10F4O3. The Balaban J connectivity index is 2.86. The standard InChI is InChI=1S/C11H10F4O3/c1-2-17-9(16)7-4-3-5-8(6-7)18-11(14,15)10(12)13/h3-6,10H,2H2,1H3. The van der Waals surface area contributed by atoms with Gasteiger partial charge in [-0.3, -0.25) is 0 Å². The van der Waals surface area contributed by atoms with Crippen molar-refractivity contribution in [3.8, 4) is 5.75 Å². The van der Waals surface area contributed by atoms with E-state index in [9.17, 15) is 22.4 Å². The summed E-state index contributed by atoms with van der Waals surface area (Å²) in [5, 5.41) is 0. The van der Waals surface area contributed by atoms with E-state index < -0.39 is 24.3 Å². The van der Waals surface area contributed by atoms with Gasteiger partial charge in [0.05, 0.1) is 12.2 Å². The van der Waals surface area contributed by atoms with Crippen LogP contribution in [0.25, 0.3) is 0 Å². The number of carbonyl (C=O) groups excluding carboxylic acids is 1. The molecule has 0 unspecified atom stereocenters. The maximum atomic E-state index is 12.6. The lowest BCUT2D eigenvalue weighted by Gasteiger charge is -2.16. The second kappa shape index (κ2) is 5.70. The van der Waals surface area contributed by atoms with Crippen molar-refractivity contribution < 1.29 is 31.8 Å². The number of ether oxygens (including phenoxy) is 2. The third-order valence-electron chi connectivity index (χ3n) is 1.85. The SMILES string of the molecule is CCOC(=O)c1cccc(OC(F)(F)C(F)F)c1. The van der Waals surface area contributed by atoms with Gasteiger partial charge >= 0.3 is 18.5 Å². The topological polar surface area (TPSA) is 35.5 Å². The molecule has 0 fully saturated rings. The number of rotatable bonds is 5. The maximum Gasteiger partial charge on any atom is 0.461 e. The molecule has 0 aliphatic carbocycles. The lowest BCUT2D eigenvalue weighted by molar-refractivity contribution is -0.253. The number of esters is 1. The van der Waals surface area contributed by atoms with Gasteiger partial charge in [0.2, 0.25) is 0 Å². The monoisotopic (exact) mass is 266 g/mol. The van der Waals surface area contributed by atoms with E-state index in [4.69, 9.17) is 0 Å². The number of carbonyl (C=O) groups is 1. The molecule has 0 aliphatic rings. The van der Waals surface area contributed by atoms with Crippen LogP contribution in [0, 0.1) is 0 Å². The van der Waals surface area contributed by atoms with Gasteiger partial charge < -0.3 is 9.47 Å². The van der Waals surface area contributed by atoms with E-state index in [1.54, 1.807) is 6.92 Å². The molecule has 18 heavy (non-hydrogen) atoms. The zero-order chi connectivity index (χ0) is 13.8. The van der Waals surface area contributed by atoms with Crippen LogP contribution in [0.4, 0.5) is 17.6 Å². The average Bonchev–Trinajstić information content (AvgIpc) is 2.29. The van der Waals surface area contributed by atoms with Crippen molar-refractivity contribution in [2.75, 3.05) is 6.61 Å². The van der Waals surface area contributed by atoms with Crippen LogP contribution in [0.3, 0.4) is 0 Å². The van der Waals surface area contributed by atoms with Gasteiger partial charge in [-0.15, -0.1) is 0 Å². The van der Waals surface area contributed by atoms with Crippen molar-refractivity contribution in [3.63, 3.8) is 0 Å². The highest BCUT2D eigenvalue weighted by atomic mass is 19.3. The van der Waals surface area contributed by atoms with Crippen LogP contribution >= 0.6 is 0 Å². The molecule has 1 aromatic rings. The van der Waals surface area contributed by atoms with Gasteiger partial charge in [-0.05, 0) is 25.1 Å². The molecule has 0 atom stereocenters. The van der Waals surface area contributed by atoms with Gasteiger partial charge in [-0.2, -0.15) is 17.6 Å². The van der Waals surface area contributed by atoms with Crippen LogP contribution in [0.1, 0.15) is 17.3 Å². The Morgan fingerprint density at radius 1 is 1.39 bits per heavy atom. The number of alkyl halides is 4. The summed E-state index contributed by atoms with van der Waals surface area (Å²) in [6.07, 6.45) is -8.56. The highest BCUT2D eigenvalue weighted by Gasteiger charge is 2.44. The number of halogens is 4. The summed E-state index contributed by atoms with van der Waals surface area (Å²) in [6, 6.07) is 4.47. The molecule has 0 saturated carbocycles. The highest BCUT2D eigenvalue weighted by Crippen LogP contribution is 2.27. The summed E-state index contributed by atoms with van der Waals surface area (Å²) in [4.78, 5) is 11.3. The molecular weight excluding hydrogens is 256 g/mol. The summed E-state index contributed by atoms with van der Waals surface area (Å²) in [6.45, 7) is 1.68. The molecule has 0 bridgehead atoms. The van der Waals surface area contributed by atoms with E-state index in [0.29, 0.717) is 0 Å². The van der Waals surface area contributed by atoms with E-state index in [1.807, 2.05) is 0 Å². The summed E-state index contributed by atoms with van der Waals surface area (Å²) in [5.74, 6) is -1.28. The molecule has 100 valence electrons. The molecule has 1 aromatic carbocycles. The van der Waals surface area contributed by atoms with Crippen LogP contribution in [-0.4, -0.2) is 25.1 Å². The molecule has 0 saturated heterocycles. The molecule has 0 N–H and O–H groups in total. The van der Waals surface area contributed by atoms with Gasteiger partial charge in [0.25, 0.3) is 0 Å². The predicted molar refractivity (Wildman–Crippen MR) is 54.0 cm³/mol. The fourth-order valence-electron chi connectivity index (χ4n) is 1.10. The van der Waals surface area contributed by atoms with E-state index in [2.05, 4.69) is 9.47 Å².